The van der Waals surface area contributed by atoms with E-state index in [0.29, 0.717) is 5.92 Å². The third-order valence-corrected chi connectivity index (χ3v) is 4.78. The number of rotatable bonds is 9. The highest BCUT2D eigenvalue weighted by Crippen LogP contribution is 2.29. The van der Waals surface area contributed by atoms with Crippen LogP contribution < -0.4 is 5.32 Å². The SMILES string of the molecule is CCCN(CC1CC1)C(=O)CN(C)CC(=O)Nc1c(C)cc(C)cc1C. The highest BCUT2D eigenvalue weighted by Gasteiger charge is 2.26. The van der Waals surface area contributed by atoms with Crippen LogP contribution in [-0.2, 0) is 9.59 Å². The number of carbonyl (C=O) groups is 2. The molecule has 0 radical (unpaired) electrons. The van der Waals surface area contributed by atoms with E-state index in [1.54, 1.807) is 4.90 Å². The topological polar surface area (TPSA) is 52.7 Å². The Bertz CT molecular complexity index is 630. The first-order chi connectivity index (χ1) is 12.3. The first kappa shape index (κ1) is 20.4. The third kappa shape index (κ3) is 6.13. The van der Waals surface area contributed by atoms with E-state index in [2.05, 4.69) is 31.3 Å². The molecule has 1 aliphatic carbocycles. The standard InChI is InChI=1S/C21H33N3O2/c1-6-9-24(12-18-7-8-18)20(26)14-23(5)13-19(25)22-21-16(3)10-15(2)11-17(21)4/h10-11,18H,6-9,12-14H2,1-5H3,(H,22,25). The van der Waals surface area contributed by atoms with E-state index in [4.69, 9.17) is 0 Å². The Morgan fingerprint density at radius 3 is 2.27 bits per heavy atom. The van der Waals surface area contributed by atoms with Gasteiger partial charge in [-0.15, -0.1) is 0 Å². The summed E-state index contributed by atoms with van der Waals surface area (Å²) in [7, 11) is 1.83. The van der Waals surface area contributed by atoms with Gasteiger partial charge in [-0.05, 0) is 64.1 Å². The van der Waals surface area contributed by atoms with Gasteiger partial charge in [0.25, 0.3) is 0 Å². The lowest BCUT2D eigenvalue weighted by molar-refractivity contribution is -0.132. The molecule has 1 aliphatic rings. The first-order valence-corrected chi connectivity index (χ1v) is 9.64. The predicted molar refractivity (Wildman–Crippen MR) is 106 cm³/mol. The maximum absolute atomic E-state index is 12.5. The smallest absolute Gasteiger partial charge is 0.238 e. The van der Waals surface area contributed by atoms with Gasteiger partial charge in [0.05, 0.1) is 13.1 Å². The predicted octanol–water partition coefficient (Wildman–Crippen LogP) is 3.13. The number of nitrogens with one attached hydrogen (secondary N) is 1. The molecule has 26 heavy (non-hydrogen) atoms. The first-order valence-electron chi connectivity index (χ1n) is 9.64. The second kappa shape index (κ2) is 9.17. The molecule has 2 amide bonds. The Morgan fingerprint density at radius 1 is 1.12 bits per heavy atom. The van der Waals surface area contributed by atoms with E-state index < -0.39 is 0 Å². The van der Waals surface area contributed by atoms with Crippen LogP contribution in [0.5, 0.6) is 0 Å². The minimum absolute atomic E-state index is 0.0837. The quantitative estimate of drug-likeness (QED) is 0.737. The number of hydrogen-bond donors (Lipinski definition) is 1. The van der Waals surface area contributed by atoms with Crippen LogP contribution in [0.1, 0.15) is 42.9 Å². The van der Waals surface area contributed by atoms with E-state index in [9.17, 15) is 9.59 Å². The minimum Gasteiger partial charge on any atom is -0.341 e. The average molecular weight is 360 g/mol. The van der Waals surface area contributed by atoms with Gasteiger partial charge >= 0.3 is 0 Å². The van der Waals surface area contributed by atoms with Crippen molar-refractivity contribution >= 4 is 17.5 Å². The monoisotopic (exact) mass is 359 g/mol. The van der Waals surface area contributed by atoms with Gasteiger partial charge in [0.15, 0.2) is 0 Å². The van der Waals surface area contributed by atoms with Gasteiger partial charge < -0.3 is 10.2 Å². The summed E-state index contributed by atoms with van der Waals surface area (Å²) in [4.78, 5) is 28.7. The lowest BCUT2D eigenvalue weighted by Gasteiger charge is -2.25. The molecule has 1 saturated carbocycles. The Kier molecular flexibility index (Phi) is 7.21. The molecular formula is C21H33N3O2. The number of aryl methyl sites for hydroxylation is 3. The molecule has 144 valence electrons. The number of amides is 2. The summed E-state index contributed by atoms with van der Waals surface area (Å²) < 4.78 is 0. The van der Waals surface area contributed by atoms with Gasteiger partial charge in [0.1, 0.15) is 0 Å². The normalized spacial score (nSPS) is 13.8. The molecule has 0 saturated heterocycles. The van der Waals surface area contributed by atoms with Crippen molar-refractivity contribution in [2.45, 2.75) is 47.0 Å². The van der Waals surface area contributed by atoms with Crippen molar-refractivity contribution in [3.05, 3.63) is 28.8 Å². The maximum Gasteiger partial charge on any atom is 0.238 e. The number of carbonyl (C=O) groups excluding carboxylic acids is 2. The molecule has 0 aliphatic heterocycles. The number of hydrogen-bond acceptors (Lipinski definition) is 3. The molecule has 0 spiro atoms. The number of likely N-dealkylation sites (N-methyl/N-ethyl adjacent to an activating group) is 1. The molecule has 5 nitrogen and oxygen atoms in total. The summed E-state index contributed by atoms with van der Waals surface area (Å²) in [5.74, 6) is 0.725. The Balaban J connectivity index is 1.87. The zero-order valence-corrected chi connectivity index (χ0v) is 16.9. The Labute approximate surface area is 157 Å². The van der Waals surface area contributed by atoms with Crippen LogP contribution in [-0.4, -0.2) is 54.8 Å². The molecule has 1 N–H and O–H groups in total. The van der Waals surface area contributed by atoms with Crippen molar-refractivity contribution in [1.82, 2.24) is 9.80 Å². The summed E-state index contributed by atoms with van der Waals surface area (Å²) in [6.45, 7) is 10.3. The van der Waals surface area contributed by atoms with Crippen LogP contribution in [0.2, 0.25) is 0 Å². The molecule has 1 aromatic rings. The van der Waals surface area contributed by atoms with E-state index in [0.717, 1.165) is 36.3 Å². The fraction of sp³-hybridized carbons (Fsp3) is 0.619. The summed E-state index contributed by atoms with van der Waals surface area (Å²) in [6, 6.07) is 4.13. The second-order valence-electron chi connectivity index (χ2n) is 7.78. The molecule has 1 fully saturated rings. The van der Waals surface area contributed by atoms with Gasteiger partial charge in [-0.1, -0.05) is 24.6 Å². The molecule has 0 unspecified atom stereocenters. The fourth-order valence-electron chi connectivity index (χ4n) is 3.39. The van der Waals surface area contributed by atoms with Gasteiger partial charge in [0.2, 0.25) is 11.8 Å². The van der Waals surface area contributed by atoms with Crippen molar-refractivity contribution in [3.8, 4) is 0 Å². The Hall–Kier alpha value is -1.88. The van der Waals surface area contributed by atoms with Crippen LogP contribution in [0.25, 0.3) is 0 Å². The van der Waals surface area contributed by atoms with E-state index in [1.807, 2.05) is 25.8 Å². The van der Waals surface area contributed by atoms with Crippen LogP contribution >= 0.6 is 0 Å². The largest absolute Gasteiger partial charge is 0.341 e. The van der Waals surface area contributed by atoms with Crippen molar-refractivity contribution in [3.63, 3.8) is 0 Å². The zero-order valence-electron chi connectivity index (χ0n) is 16.9. The van der Waals surface area contributed by atoms with Crippen molar-refractivity contribution < 1.29 is 9.59 Å². The van der Waals surface area contributed by atoms with Crippen molar-refractivity contribution in [1.29, 1.82) is 0 Å². The summed E-state index contributed by atoms with van der Waals surface area (Å²) in [6.07, 6.45) is 3.44. The number of nitrogens with zero attached hydrogens (tertiary/aromatic N) is 2. The maximum atomic E-state index is 12.5. The highest BCUT2D eigenvalue weighted by atomic mass is 16.2. The molecule has 0 aromatic heterocycles. The lowest BCUT2D eigenvalue weighted by atomic mass is 10.1. The molecule has 0 atom stereocenters. The van der Waals surface area contributed by atoms with Crippen molar-refractivity contribution in [2.24, 2.45) is 5.92 Å². The van der Waals surface area contributed by atoms with Crippen LogP contribution in [0.4, 0.5) is 5.69 Å². The molecule has 0 heterocycles. The van der Waals surface area contributed by atoms with E-state index in [1.165, 1.54) is 18.4 Å². The fourth-order valence-corrected chi connectivity index (χ4v) is 3.39. The van der Waals surface area contributed by atoms with Crippen molar-refractivity contribution in [2.75, 3.05) is 38.5 Å². The van der Waals surface area contributed by atoms with Crippen LogP contribution in [0, 0.1) is 26.7 Å². The summed E-state index contributed by atoms with van der Waals surface area (Å²) in [5, 5.41) is 3.00. The van der Waals surface area contributed by atoms with E-state index >= 15 is 0 Å². The number of anilines is 1. The lowest BCUT2D eigenvalue weighted by Crippen LogP contribution is -2.42. The summed E-state index contributed by atoms with van der Waals surface area (Å²) >= 11 is 0. The van der Waals surface area contributed by atoms with Gasteiger partial charge in [-0.25, -0.2) is 0 Å². The highest BCUT2D eigenvalue weighted by molar-refractivity contribution is 5.94. The molecule has 1 aromatic carbocycles. The molecular weight excluding hydrogens is 326 g/mol. The van der Waals surface area contributed by atoms with Crippen LogP contribution in [0.15, 0.2) is 12.1 Å². The van der Waals surface area contributed by atoms with E-state index in [-0.39, 0.29) is 24.9 Å². The minimum atomic E-state index is -0.0837. The Morgan fingerprint density at radius 2 is 1.73 bits per heavy atom. The molecule has 2 rings (SSSR count). The average Bonchev–Trinajstić information content (AvgIpc) is 3.34. The molecule has 5 heteroatoms. The second-order valence-corrected chi connectivity index (χ2v) is 7.78. The zero-order chi connectivity index (χ0) is 19.3. The molecule has 0 bridgehead atoms. The van der Waals surface area contributed by atoms with Gasteiger partial charge in [0, 0.05) is 18.8 Å². The third-order valence-electron chi connectivity index (χ3n) is 4.78. The van der Waals surface area contributed by atoms with Gasteiger partial charge in [-0.2, -0.15) is 0 Å². The summed E-state index contributed by atoms with van der Waals surface area (Å²) in [5.41, 5.74) is 4.19. The van der Waals surface area contributed by atoms with Gasteiger partial charge in [-0.3, -0.25) is 14.5 Å². The van der Waals surface area contributed by atoms with Crippen LogP contribution in [0.3, 0.4) is 0 Å². The number of benzene rings is 1.